The molecule has 202 valence electrons. The second-order valence-electron chi connectivity index (χ2n) is 10.5. The van der Waals surface area contributed by atoms with E-state index < -0.39 is 17.7 Å². The first-order valence-corrected chi connectivity index (χ1v) is 13.8. The van der Waals surface area contributed by atoms with Crippen LogP contribution >= 0.6 is 0 Å². The van der Waals surface area contributed by atoms with E-state index in [0.717, 1.165) is 28.7 Å². The van der Waals surface area contributed by atoms with E-state index in [1.165, 1.54) is 0 Å². The fourth-order valence-electron chi connectivity index (χ4n) is 6.01. The van der Waals surface area contributed by atoms with Crippen molar-refractivity contribution in [3.8, 4) is 0 Å². The Labute approximate surface area is 229 Å². The highest BCUT2D eigenvalue weighted by atomic mass is 16.3. The zero-order valence-electron chi connectivity index (χ0n) is 22.5. The Hall–Kier alpha value is -3.97. The number of hydrogen-bond acceptors (Lipinski definition) is 5. The van der Waals surface area contributed by atoms with Crippen molar-refractivity contribution in [3.05, 3.63) is 107 Å². The molecule has 2 aliphatic rings. The van der Waals surface area contributed by atoms with Crippen molar-refractivity contribution in [1.82, 2.24) is 10.2 Å². The van der Waals surface area contributed by atoms with Crippen LogP contribution in [0.4, 0.5) is 0 Å². The van der Waals surface area contributed by atoms with Gasteiger partial charge in [0, 0.05) is 12.0 Å². The van der Waals surface area contributed by atoms with Crippen LogP contribution in [-0.4, -0.2) is 33.9 Å². The van der Waals surface area contributed by atoms with Gasteiger partial charge >= 0.3 is 0 Å². The summed E-state index contributed by atoms with van der Waals surface area (Å²) in [6, 6.07) is 24.1. The molecule has 0 radical (unpaired) electrons. The Balaban J connectivity index is 1.42. The summed E-state index contributed by atoms with van der Waals surface area (Å²) < 4.78 is 0. The van der Waals surface area contributed by atoms with Crippen LogP contribution in [0.3, 0.4) is 0 Å². The van der Waals surface area contributed by atoms with Gasteiger partial charge in [-0.05, 0) is 47.2 Å². The maximum absolute atomic E-state index is 13.7. The molecule has 39 heavy (non-hydrogen) atoms. The summed E-state index contributed by atoms with van der Waals surface area (Å²) in [5.74, 6) is -0.142. The molecule has 1 aliphatic carbocycles. The molecule has 1 aliphatic heterocycles. The second-order valence-corrected chi connectivity index (χ2v) is 10.5. The largest absolute Gasteiger partial charge is 0.390 e. The Morgan fingerprint density at radius 2 is 1.85 bits per heavy atom. The first-order chi connectivity index (χ1) is 18.9. The van der Waals surface area contributed by atoms with Crippen LogP contribution in [0, 0.1) is 0 Å². The molecule has 4 atom stereocenters. The number of aliphatic imine (C=N–C) groups is 1. The first kappa shape index (κ1) is 26.6. The number of benzene rings is 3. The topological polar surface area (TPSA) is 108 Å². The van der Waals surface area contributed by atoms with E-state index in [1.54, 1.807) is 11.0 Å². The Morgan fingerprint density at radius 3 is 2.56 bits per heavy atom. The maximum Gasteiger partial charge on any atom is 0.251 e. The molecule has 0 bridgehead atoms. The predicted molar refractivity (Wildman–Crippen MR) is 152 cm³/mol. The summed E-state index contributed by atoms with van der Waals surface area (Å²) in [5, 5.41) is 13.6. The number of nitrogens with one attached hydrogen (secondary N) is 1. The van der Waals surface area contributed by atoms with Gasteiger partial charge in [-0.2, -0.15) is 0 Å². The van der Waals surface area contributed by atoms with Gasteiger partial charge in [-0.15, -0.1) is 0 Å². The van der Waals surface area contributed by atoms with Gasteiger partial charge in [0.1, 0.15) is 0 Å². The standard InChI is InChI=1S/C32H36N4O3/c1-3-11-26(36-28(38)20-32(4-2,35-31(36)33)24-15-6-5-7-16-24)22-13-10-14-23(18-22)30(39)34-29-25-17-9-8-12-21(25)19-27(29)37/h5-10,12-18,26-27,29,37H,3-4,11,19-20H2,1-2H3,(H2,33,35)(H,34,39)/t26-,27-,29-,32+/m1/s1. The molecule has 1 heterocycles. The van der Waals surface area contributed by atoms with Gasteiger partial charge in [-0.25, -0.2) is 4.99 Å². The quantitative estimate of drug-likeness (QED) is 0.395. The second kappa shape index (κ2) is 11.0. The van der Waals surface area contributed by atoms with Crippen molar-refractivity contribution in [2.75, 3.05) is 0 Å². The van der Waals surface area contributed by atoms with E-state index in [1.807, 2.05) is 79.7 Å². The zero-order valence-corrected chi connectivity index (χ0v) is 22.5. The highest BCUT2D eigenvalue weighted by molar-refractivity contribution is 6.00. The van der Waals surface area contributed by atoms with Crippen LogP contribution in [0.25, 0.3) is 0 Å². The molecule has 2 amide bonds. The smallest absolute Gasteiger partial charge is 0.251 e. The number of rotatable bonds is 8. The van der Waals surface area contributed by atoms with Gasteiger partial charge in [-0.3, -0.25) is 14.5 Å². The molecule has 0 fully saturated rings. The van der Waals surface area contributed by atoms with Crippen LogP contribution in [0.15, 0.2) is 83.9 Å². The minimum atomic E-state index is -0.685. The fourth-order valence-corrected chi connectivity index (χ4v) is 6.01. The van der Waals surface area contributed by atoms with Crippen LogP contribution in [0.2, 0.25) is 0 Å². The Bertz CT molecular complexity index is 1390. The molecule has 0 aromatic heterocycles. The lowest BCUT2D eigenvalue weighted by Crippen LogP contribution is -2.51. The van der Waals surface area contributed by atoms with Crippen molar-refractivity contribution in [3.63, 3.8) is 0 Å². The molecular formula is C32H36N4O3. The normalized spacial score (nSPS) is 23.2. The number of hydrogen-bond donors (Lipinski definition) is 3. The summed E-state index contributed by atoms with van der Waals surface area (Å²) in [4.78, 5) is 33.5. The number of amides is 2. The minimum absolute atomic E-state index is 0.0767. The predicted octanol–water partition coefficient (Wildman–Crippen LogP) is 4.77. The number of nitrogens with zero attached hydrogens (tertiary/aromatic N) is 2. The van der Waals surface area contributed by atoms with Crippen molar-refractivity contribution >= 4 is 17.8 Å². The lowest BCUT2D eigenvalue weighted by atomic mass is 9.82. The van der Waals surface area contributed by atoms with Crippen molar-refractivity contribution < 1.29 is 14.7 Å². The van der Waals surface area contributed by atoms with Crippen LogP contribution in [0.5, 0.6) is 0 Å². The highest BCUT2D eigenvalue weighted by Gasteiger charge is 2.42. The van der Waals surface area contributed by atoms with Gasteiger partial charge in [0.15, 0.2) is 5.96 Å². The summed E-state index contributed by atoms with van der Waals surface area (Å²) in [6.45, 7) is 4.09. The summed E-state index contributed by atoms with van der Waals surface area (Å²) in [6.07, 6.45) is 2.22. The monoisotopic (exact) mass is 524 g/mol. The van der Waals surface area contributed by atoms with E-state index in [0.29, 0.717) is 24.8 Å². The number of aliphatic hydroxyl groups is 1. The summed E-state index contributed by atoms with van der Waals surface area (Å²) in [5.41, 5.74) is 10.1. The molecule has 7 heteroatoms. The van der Waals surface area contributed by atoms with Crippen molar-refractivity contribution in [2.45, 2.75) is 69.7 Å². The lowest BCUT2D eigenvalue weighted by molar-refractivity contribution is -0.131. The summed E-state index contributed by atoms with van der Waals surface area (Å²) >= 11 is 0. The molecule has 3 aromatic rings. The number of fused-ring (bicyclic) bond motifs is 1. The lowest BCUT2D eigenvalue weighted by Gasteiger charge is -2.40. The van der Waals surface area contributed by atoms with Crippen molar-refractivity contribution in [2.24, 2.45) is 10.7 Å². The average molecular weight is 525 g/mol. The fraction of sp³-hybridized carbons (Fsp3) is 0.344. The van der Waals surface area contributed by atoms with E-state index in [9.17, 15) is 14.7 Å². The van der Waals surface area contributed by atoms with Gasteiger partial charge in [-0.1, -0.05) is 87.0 Å². The van der Waals surface area contributed by atoms with Gasteiger partial charge in [0.25, 0.3) is 5.91 Å². The number of carbonyl (C=O) groups is 2. The third kappa shape index (κ3) is 5.06. The van der Waals surface area contributed by atoms with Gasteiger partial charge < -0.3 is 16.2 Å². The number of nitrogens with two attached hydrogens (primary N) is 1. The Kier molecular flexibility index (Phi) is 7.53. The molecule has 3 aromatic carbocycles. The van der Waals surface area contributed by atoms with E-state index in [2.05, 4.69) is 12.2 Å². The number of carbonyl (C=O) groups excluding carboxylic acids is 2. The Morgan fingerprint density at radius 1 is 1.10 bits per heavy atom. The van der Waals surface area contributed by atoms with Crippen LogP contribution in [0.1, 0.15) is 84.2 Å². The molecule has 0 saturated heterocycles. The maximum atomic E-state index is 13.7. The van der Waals surface area contributed by atoms with E-state index in [4.69, 9.17) is 10.7 Å². The molecule has 5 rings (SSSR count). The van der Waals surface area contributed by atoms with Gasteiger partial charge in [0.2, 0.25) is 5.91 Å². The van der Waals surface area contributed by atoms with Crippen LogP contribution in [-0.2, 0) is 16.8 Å². The third-order valence-electron chi connectivity index (χ3n) is 8.08. The van der Waals surface area contributed by atoms with Gasteiger partial charge in [0.05, 0.1) is 30.1 Å². The molecule has 7 nitrogen and oxygen atoms in total. The molecule has 0 saturated carbocycles. The minimum Gasteiger partial charge on any atom is -0.390 e. The molecule has 0 spiro atoms. The zero-order chi connectivity index (χ0) is 27.6. The first-order valence-electron chi connectivity index (χ1n) is 13.8. The van der Waals surface area contributed by atoms with E-state index >= 15 is 0 Å². The molecule has 4 N–H and O–H groups in total. The number of guanidine groups is 1. The van der Waals surface area contributed by atoms with Crippen molar-refractivity contribution in [1.29, 1.82) is 0 Å². The third-order valence-corrected chi connectivity index (χ3v) is 8.08. The SMILES string of the molecule is CCC[C@H](c1cccc(C(=O)N[C@@H]2c3ccccc3C[C@H]2O)c1)N1C(=O)C[C@@](CC)(c2ccccc2)N=C1N. The van der Waals surface area contributed by atoms with E-state index in [-0.39, 0.29) is 30.2 Å². The highest BCUT2D eigenvalue weighted by Crippen LogP contribution is 2.40. The van der Waals surface area contributed by atoms with Crippen LogP contribution < -0.4 is 11.1 Å². The average Bonchev–Trinajstić information content (AvgIpc) is 3.27. The number of aliphatic hydroxyl groups excluding tert-OH is 1. The molecular weight excluding hydrogens is 488 g/mol. The summed E-state index contributed by atoms with van der Waals surface area (Å²) in [7, 11) is 0. The molecule has 0 unspecified atom stereocenters.